The zero-order valence-electron chi connectivity index (χ0n) is 78.6. The third-order valence-corrected chi connectivity index (χ3v) is 20.1. The van der Waals surface area contributed by atoms with E-state index in [-0.39, 0.29) is 152 Å². The maximum Gasteiger partial charge on any atom is 0.155 e. The van der Waals surface area contributed by atoms with Gasteiger partial charge < -0.3 is 25.4 Å². The number of pyridine rings is 2. The number of para-hydroxylation sites is 5. The van der Waals surface area contributed by atoms with Crippen LogP contribution in [0.1, 0.15) is 106 Å². The summed E-state index contributed by atoms with van der Waals surface area (Å²) < 4.78 is 0. The van der Waals surface area contributed by atoms with Crippen molar-refractivity contribution in [1.82, 2.24) is 39.9 Å². The van der Waals surface area contributed by atoms with Gasteiger partial charge in [-0.05, 0) is 173 Å². The molecular formula is C118H105Ir5N8O8-5. The van der Waals surface area contributed by atoms with Crippen molar-refractivity contribution in [3.8, 4) is 90.1 Å². The molecule has 0 saturated heterocycles. The Bertz CT molecular complexity index is 6610. The van der Waals surface area contributed by atoms with Gasteiger partial charge in [0.15, 0.2) is 23.1 Å². The summed E-state index contributed by atoms with van der Waals surface area (Å²) in [5, 5.41) is 39.5. The summed E-state index contributed by atoms with van der Waals surface area (Å²) in [6.45, 7) is 18.0. The van der Waals surface area contributed by atoms with Gasteiger partial charge in [-0.3, -0.25) is 54.1 Å². The quantitative estimate of drug-likeness (QED) is 0.0384. The number of carbonyl (C=O) groups is 4. The second-order valence-corrected chi connectivity index (χ2v) is 32.3. The molecule has 0 unspecified atom stereocenters. The molecule has 0 saturated carbocycles. The van der Waals surface area contributed by atoms with Crippen LogP contribution in [0.2, 0.25) is 0 Å². The van der Waals surface area contributed by atoms with Gasteiger partial charge in [0.2, 0.25) is 0 Å². The molecule has 0 spiro atoms. The smallest absolute Gasteiger partial charge is 0.155 e. The van der Waals surface area contributed by atoms with Gasteiger partial charge in [-0.1, -0.05) is 203 Å². The number of ketones is 4. The fourth-order valence-electron chi connectivity index (χ4n) is 14.3. The largest absolute Gasteiger partial charge is 0.512 e. The van der Waals surface area contributed by atoms with Gasteiger partial charge in [0, 0.05) is 153 Å². The summed E-state index contributed by atoms with van der Waals surface area (Å²) in [6.07, 6.45) is 11.0. The van der Waals surface area contributed by atoms with E-state index in [0.29, 0.717) is 0 Å². The van der Waals surface area contributed by atoms with Gasteiger partial charge in [0.05, 0.1) is 79.1 Å². The van der Waals surface area contributed by atoms with E-state index in [9.17, 15) is 19.2 Å². The van der Waals surface area contributed by atoms with Crippen molar-refractivity contribution < 1.29 is 140 Å². The third-order valence-electron chi connectivity index (χ3n) is 20.1. The van der Waals surface area contributed by atoms with E-state index in [0.717, 1.165) is 136 Å². The summed E-state index contributed by atoms with van der Waals surface area (Å²) in [5.74, 6) is -0.250. The fourth-order valence-corrected chi connectivity index (χ4v) is 14.3. The number of benzene rings is 13. The number of rotatable bonds is 12. The van der Waals surface area contributed by atoms with Crippen LogP contribution in [0.4, 0.5) is 0 Å². The molecule has 1 aliphatic carbocycles. The van der Waals surface area contributed by atoms with Crippen molar-refractivity contribution in [2.24, 2.45) is 0 Å². The van der Waals surface area contributed by atoms with Gasteiger partial charge in [0.1, 0.15) is 0 Å². The Balaban J connectivity index is 0.000000247. The van der Waals surface area contributed by atoms with E-state index in [1.807, 2.05) is 194 Å². The van der Waals surface area contributed by atoms with Crippen molar-refractivity contribution in [2.75, 3.05) is 0 Å². The number of aryl methyl sites for hydroxylation is 2. The van der Waals surface area contributed by atoms with E-state index < -0.39 is 0 Å². The van der Waals surface area contributed by atoms with E-state index in [4.69, 9.17) is 55.3 Å². The molecule has 139 heavy (non-hydrogen) atoms. The number of nitrogens with zero attached hydrogens (tertiary/aromatic N) is 8. The Kier molecular flexibility index (Phi) is 48.2. The van der Waals surface area contributed by atoms with E-state index >= 15 is 0 Å². The van der Waals surface area contributed by atoms with E-state index in [1.165, 1.54) is 131 Å². The third kappa shape index (κ3) is 35.3. The van der Waals surface area contributed by atoms with Crippen molar-refractivity contribution in [1.29, 1.82) is 0 Å². The first-order valence-corrected chi connectivity index (χ1v) is 43.9. The number of hydrogen-bond acceptors (Lipinski definition) is 16. The molecule has 4 N–H and O–H groups in total. The van der Waals surface area contributed by atoms with Crippen LogP contribution < -0.4 is 0 Å². The zero-order chi connectivity index (χ0) is 95.3. The van der Waals surface area contributed by atoms with E-state index in [1.54, 1.807) is 0 Å². The maximum atomic E-state index is 10.0. The average molecular weight is 2720 g/mol. The Morgan fingerprint density at radius 1 is 0.273 bits per heavy atom. The molecule has 715 valence electrons. The van der Waals surface area contributed by atoms with Crippen molar-refractivity contribution in [2.45, 2.75) is 107 Å². The molecule has 1 aliphatic rings. The summed E-state index contributed by atoms with van der Waals surface area (Å²) in [7, 11) is 0. The van der Waals surface area contributed by atoms with Gasteiger partial charge in [0.25, 0.3) is 0 Å². The summed E-state index contributed by atoms with van der Waals surface area (Å²) in [6, 6.07) is 128. The molecule has 0 atom stereocenters. The van der Waals surface area contributed by atoms with Crippen LogP contribution >= 0.6 is 0 Å². The van der Waals surface area contributed by atoms with E-state index in [2.05, 4.69) is 202 Å². The molecule has 0 fully saturated rings. The summed E-state index contributed by atoms with van der Waals surface area (Å²) >= 11 is 0. The van der Waals surface area contributed by atoms with Crippen LogP contribution in [0, 0.1) is 30.3 Å². The molecule has 5 radical (unpaired) electrons. The minimum absolute atomic E-state index is 0. The van der Waals surface area contributed by atoms with Crippen LogP contribution in [0.25, 0.3) is 145 Å². The zero-order valence-corrected chi connectivity index (χ0v) is 90.6. The number of aliphatic hydroxyl groups excluding tert-OH is 4. The number of fused-ring (bicyclic) bond motifs is 7. The first-order chi connectivity index (χ1) is 64.7. The molecule has 13 aromatic carbocycles. The van der Waals surface area contributed by atoms with Crippen LogP contribution in [0.5, 0.6) is 0 Å². The SMILES string of the molecule is CC(=O)C=C(C)O.CC(=O)C=C(C)O.CC(=O)C=C(C)O.CC(=O)C=C(C)O.CC(C)(C)c1c[c-]c(-c2nccc3ccccc23)cc1.[Ir].[Ir].[Ir].[Ir].[Ir].[c-]1ccccc1-c1nc2c(nc1-c1ccccc1)CCCC2.[c-]1ccccc1-c1nc2ccccc2c2ccccc12.[c-]1ccccc1-c1nc2ccccc2nc1-c1ccccc1.[c-]1ccccc1-c1nc2ccccc2nc1-c1ccccc1. The standard InChI is InChI=1S/C20H17N2.2C20H13N2.C19H12N.C19H18N.4C5H8O2.5Ir/c3*1-3-9-15(10-4-1)19-20(16-11-5-2-6-12-16)22-18-14-8-7-13-17(18)21-19;1-2-8-14(9-3-1)19-17-12-5-4-10-15(17)16-11-6-7-13-18(16)20-19;1-19(2,3)16-10-8-15(9-11-16)18-17-7-5-4-6-14(17)12-13-20-18;4*1-4(6)3-5(2)7;;;;;/h1-6,9-11H,7-8,13-14H2;2*1-11,13-14H;1-8,10-13H;4-8,10-13H,1-3H3;4*3,6H,1-2H3;;;;;/q5*-1;;;;;;;;;. The predicted octanol–water partition coefficient (Wildman–Crippen LogP) is 28.0. The second-order valence-electron chi connectivity index (χ2n) is 32.3. The van der Waals surface area contributed by atoms with Gasteiger partial charge >= 0.3 is 0 Å². The number of allylic oxidation sites excluding steroid dienone is 8. The minimum atomic E-state index is -0.125. The molecule has 18 aromatic rings. The Morgan fingerprint density at radius 3 is 0.899 bits per heavy atom. The summed E-state index contributed by atoms with van der Waals surface area (Å²) in [5.41, 5.74) is 24.1. The fraction of sp³-hybridized carbons (Fsp3) is 0.136. The van der Waals surface area contributed by atoms with Crippen LogP contribution in [-0.2, 0) is 138 Å². The average Bonchev–Trinajstić information content (AvgIpc) is 0.769. The first-order valence-electron chi connectivity index (χ1n) is 43.9. The molecule has 0 aliphatic heterocycles. The monoisotopic (exact) mass is 2730 g/mol. The van der Waals surface area contributed by atoms with Crippen LogP contribution in [0.15, 0.2) is 387 Å². The second kappa shape index (κ2) is 58.5. The number of carbonyl (C=O) groups excluding carboxylic acids is 4. The Hall–Kier alpha value is -13.2. The molecular weight excluding hydrogens is 2620 g/mol. The van der Waals surface area contributed by atoms with Crippen molar-refractivity contribution in [3.63, 3.8) is 0 Å². The molecule has 5 aromatic heterocycles. The molecule has 0 bridgehead atoms. The Morgan fingerprint density at radius 2 is 0.561 bits per heavy atom. The van der Waals surface area contributed by atoms with Crippen molar-refractivity contribution >= 4 is 77.6 Å². The molecule has 0 amide bonds. The molecule has 5 heterocycles. The molecule has 19 rings (SSSR count). The van der Waals surface area contributed by atoms with Crippen LogP contribution in [0.3, 0.4) is 0 Å². The predicted molar refractivity (Wildman–Crippen MR) is 543 cm³/mol. The first kappa shape index (κ1) is 115. The number of aromatic nitrogens is 8. The Labute approximate surface area is 881 Å². The van der Waals surface area contributed by atoms with Gasteiger partial charge in [-0.2, -0.15) is 0 Å². The topological polar surface area (TPSA) is 252 Å². The number of hydrogen-bond donors (Lipinski definition) is 4. The number of aliphatic hydroxyl groups is 4. The normalized spacial score (nSPS) is 11.1. The molecule has 16 nitrogen and oxygen atoms in total. The van der Waals surface area contributed by atoms with Gasteiger partial charge in [-0.25, -0.2) is 0 Å². The van der Waals surface area contributed by atoms with Crippen LogP contribution in [-0.4, -0.2) is 83.4 Å². The maximum absolute atomic E-state index is 10.0. The molecule has 21 heteroatoms. The summed E-state index contributed by atoms with van der Waals surface area (Å²) in [4.78, 5) is 78.7. The van der Waals surface area contributed by atoms with Crippen molar-refractivity contribution in [3.05, 3.63) is 434 Å². The van der Waals surface area contributed by atoms with Gasteiger partial charge in [-0.15, -0.1) is 179 Å². The minimum Gasteiger partial charge on any atom is -0.512 e.